The first kappa shape index (κ1) is 41.0. The number of carbonyl (C=O) groups is 6. The molecule has 0 radical (unpaired) electrons. The van der Waals surface area contributed by atoms with E-state index < -0.39 is 71.8 Å². The molecule has 2 rings (SSSR count). The molecule has 0 saturated carbocycles. The van der Waals surface area contributed by atoms with Crippen LogP contribution in [0.2, 0.25) is 0 Å². The molecule has 50 heavy (non-hydrogen) atoms. The third-order valence-electron chi connectivity index (χ3n) is 6.63. The zero-order chi connectivity index (χ0) is 37.5. The van der Waals surface area contributed by atoms with Crippen LogP contribution in [0.1, 0.15) is 65.5 Å². The molecule has 0 aliphatic rings. The summed E-state index contributed by atoms with van der Waals surface area (Å²) in [7, 11) is 0. The Labute approximate surface area is 292 Å². The van der Waals surface area contributed by atoms with E-state index >= 15 is 0 Å². The zero-order valence-corrected chi connectivity index (χ0v) is 29.4. The Morgan fingerprint density at radius 3 is 1.86 bits per heavy atom. The number of alkyl carbamates (subject to hydrolysis) is 1. The van der Waals surface area contributed by atoms with E-state index in [1.807, 2.05) is 0 Å². The number of carboxylic acid groups (broad SMARTS) is 1. The summed E-state index contributed by atoms with van der Waals surface area (Å²) in [5.41, 5.74) is 5.32. The lowest BCUT2D eigenvalue weighted by Gasteiger charge is -2.25. The van der Waals surface area contributed by atoms with Crippen LogP contribution >= 0.6 is 0 Å². The first-order chi connectivity index (χ1) is 23.3. The van der Waals surface area contributed by atoms with Gasteiger partial charge in [-0.05, 0) is 84.2 Å². The van der Waals surface area contributed by atoms with Gasteiger partial charge in [0.15, 0.2) is 0 Å². The summed E-state index contributed by atoms with van der Waals surface area (Å²) < 4.78 is 15.7. The Morgan fingerprint density at radius 1 is 0.720 bits per heavy atom. The summed E-state index contributed by atoms with van der Waals surface area (Å²) in [5, 5.41) is 19.6. The third-order valence-corrected chi connectivity index (χ3v) is 6.63. The molecule has 4 amide bonds. The molecule has 3 atom stereocenters. The molecule has 7 N–H and O–H groups in total. The number of nitrogens with two attached hydrogens (primary N) is 1. The fraction of sp³-hybridized carbons (Fsp3) is 0.486. The van der Waals surface area contributed by atoms with Gasteiger partial charge in [0, 0.05) is 12.8 Å². The number of nitrogens with one attached hydrogen (secondary N) is 4. The second-order valence-corrected chi connectivity index (χ2v) is 13.5. The highest BCUT2D eigenvalue weighted by Gasteiger charge is 2.29. The topological polar surface area (TPSA) is 224 Å². The smallest absolute Gasteiger partial charge is 0.480 e. The Morgan fingerprint density at radius 2 is 1.30 bits per heavy atom. The predicted molar refractivity (Wildman–Crippen MR) is 183 cm³/mol. The van der Waals surface area contributed by atoms with Crippen LogP contribution in [0.25, 0.3) is 0 Å². The number of hydrogen-bond acceptors (Lipinski definition) is 10. The highest BCUT2D eigenvalue weighted by atomic mass is 16.7. The molecule has 15 nitrogen and oxygen atoms in total. The molecule has 0 spiro atoms. The normalized spacial score (nSPS) is 13.1. The fourth-order valence-electron chi connectivity index (χ4n) is 4.40. The molecule has 0 aliphatic heterocycles. The van der Waals surface area contributed by atoms with Gasteiger partial charge in [-0.25, -0.2) is 14.4 Å². The largest absolute Gasteiger partial charge is 0.514 e. The number of carboxylic acids is 1. The van der Waals surface area contributed by atoms with E-state index in [2.05, 4.69) is 21.3 Å². The van der Waals surface area contributed by atoms with E-state index in [1.54, 1.807) is 84.0 Å². The highest BCUT2D eigenvalue weighted by molar-refractivity contribution is 5.93. The van der Waals surface area contributed by atoms with E-state index in [1.165, 1.54) is 12.1 Å². The van der Waals surface area contributed by atoms with Crippen LogP contribution in [0, 0.1) is 0 Å². The number of benzene rings is 2. The summed E-state index contributed by atoms with van der Waals surface area (Å²) in [4.78, 5) is 75.9. The van der Waals surface area contributed by atoms with Crippen molar-refractivity contribution in [3.63, 3.8) is 0 Å². The monoisotopic (exact) mass is 699 g/mol. The van der Waals surface area contributed by atoms with Crippen molar-refractivity contribution in [2.24, 2.45) is 5.73 Å². The molecule has 0 aromatic heterocycles. The lowest BCUT2D eigenvalue weighted by atomic mass is 10.0. The first-order valence-electron chi connectivity index (χ1n) is 16.2. The molecular weight excluding hydrogens is 650 g/mol. The second kappa shape index (κ2) is 19.1. The molecule has 0 bridgehead atoms. The van der Waals surface area contributed by atoms with Crippen LogP contribution in [0.3, 0.4) is 0 Å². The molecule has 0 heterocycles. The van der Waals surface area contributed by atoms with E-state index in [0.717, 1.165) is 0 Å². The summed E-state index contributed by atoms with van der Waals surface area (Å²) >= 11 is 0. The number of hydrogen-bond donors (Lipinski definition) is 6. The predicted octanol–water partition coefficient (Wildman–Crippen LogP) is 2.59. The summed E-state index contributed by atoms with van der Waals surface area (Å²) in [6.07, 6.45) is -1.31. The van der Waals surface area contributed by atoms with E-state index in [9.17, 15) is 33.9 Å². The lowest BCUT2D eigenvalue weighted by molar-refractivity contribution is -0.141. The second-order valence-electron chi connectivity index (χ2n) is 13.5. The van der Waals surface area contributed by atoms with Crippen LogP contribution in [-0.4, -0.2) is 83.5 Å². The van der Waals surface area contributed by atoms with Crippen molar-refractivity contribution in [3.05, 3.63) is 65.7 Å². The number of ether oxygens (including phenoxy) is 3. The van der Waals surface area contributed by atoms with Gasteiger partial charge in [-0.15, -0.1) is 0 Å². The van der Waals surface area contributed by atoms with Gasteiger partial charge in [0.2, 0.25) is 17.7 Å². The third kappa shape index (κ3) is 16.3. The van der Waals surface area contributed by atoms with Gasteiger partial charge in [0.1, 0.15) is 35.1 Å². The highest BCUT2D eigenvalue weighted by Crippen LogP contribution is 2.17. The van der Waals surface area contributed by atoms with E-state index in [-0.39, 0.29) is 31.6 Å². The molecule has 15 heteroatoms. The number of carbonyl (C=O) groups excluding carboxylic acids is 5. The van der Waals surface area contributed by atoms with Gasteiger partial charge < -0.3 is 46.3 Å². The van der Waals surface area contributed by atoms with Crippen molar-refractivity contribution < 1.29 is 48.1 Å². The Bertz CT molecular complexity index is 1450. The number of amides is 4. The average molecular weight is 700 g/mol. The van der Waals surface area contributed by atoms with Gasteiger partial charge >= 0.3 is 18.2 Å². The molecule has 0 saturated heterocycles. The number of aliphatic carboxylic acids is 1. The number of rotatable bonds is 16. The summed E-state index contributed by atoms with van der Waals surface area (Å²) in [5.74, 6) is -3.22. The fourth-order valence-corrected chi connectivity index (χ4v) is 4.40. The maximum absolute atomic E-state index is 13.6. The molecule has 2 aromatic rings. The SMILES string of the molecule is CC(C)(C)OC(=O)N[C@@H](Cc1ccc(OC(=O)OC(C)(C)C)cc1)C(=O)N[C@H](CCCN)C(=O)NCC(=O)N[C@@H](Cc1ccccc1)C(=O)O. The van der Waals surface area contributed by atoms with Crippen LogP contribution in [-0.2, 0) is 41.5 Å². The van der Waals surface area contributed by atoms with Crippen molar-refractivity contribution in [3.8, 4) is 5.75 Å². The summed E-state index contributed by atoms with van der Waals surface area (Å²) in [6.45, 7) is 9.74. The van der Waals surface area contributed by atoms with E-state index in [4.69, 9.17) is 19.9 Å². The van der Waals surface area contributed by atoms with Crippen molar-refractivity contribution in [1.29, 1.82) is 0 Å². The van der Waals surface area contributed by atoms with Gasteiger partial charge in [-0.2, -0.15) is 0 Å². The molecule has 274 valence electrons. The minimum atomic E-state index is -1.24. The van der Waals surface area contributed by atoms with Crippen molar-refractivity contribution in [2.45, 2.75) is 96.6 Å². The minimum Gasteiger partial charge on any atom is -0.480 e. The molecule has 0 aliphatic carbocycles. The zero-order valence-electron chi connectivity index (χ0n) is 29.4. The summed E-state index contributed by atoms with van der Waals surface area (Å²) in [6, 6.07) is 11.3. The average Bonchev–Trinajstić information content (AvgIpc) is 3.00. The van der Waals surface area contributed by atoms with Crippen LogP contribution < -0.4 is 31.7 Å². The van der Waals surface area contributed by atoms with Gasteiger partial charge in [0.25, 0.3) is 0 Å². The van der Waals surface area contributed by atoms with Crippen LogP contribution in [0.4, 0.5) is 9.59 Å². The van der Waals surface area contributed by atoms with E-state index in [0.29, 0.717) is 17.5 Å². The van der Waals surface area contributed by atoms with Gasteiger partial charge in [-0.1, -0.05) is 42.5 Å². The molecule has 0 fully saturated rings. The van der Waals surface area contributed by atoms with Crippen molar-refractivity contribution >= 4 is 35.9 Å². The molecule has 2 aromatic carbocycles. The Hall–Kier alpha value is -5.18. The van der Waals surface area contributed by atoms with Crippen molar-refractivity contribution in [2.75, 3.05) is 13.1 Å². The van der Waals surface area contributed by atoms with Gasteiger partial charge in [0.05, 0.1) is 6.54 Å². The van der Waals surface area contributed by atoms with Crippen LogP contribution in [0.5, 0.6) is 5.75 Å². The van der Waals surface area contributed by atoms with Crippen molar-refractivity contribution in [1.82, 2.24) is 21.3 Å². The molecule has 0 unspecified atom stereocenters. The van der Waals surface area contributed by atoms with Gasteiger partial charge in [-0.3, -0.25) is 14.4 Å². The standard InChI is InChI=1S/C35H49N5O10/c1-34(2,3)49-32(46)40-26(19-23-14-16-24(17-15-23)48-33(47)50-35(4,5)6)30(43)39-25(13-10-18-36)29(42)37-21-28(41)38-27(31(44)45)20-22-11-8-7-9-12-22/h7-9,11-12,14-17,25-27H,10,13,18-21,36H2,1-6H3,(H,37,42)(H,38,41)(H,39,43)(H,40,46)(H,44,45)/t25-,26+,27+/m1/s1. The first-order valence-corrected chi connectivity index (χ1v) is 16.2. The maximum Gasteiger partial charge on any atom is 0.514 e. The maximum atomic E-state index is 13.6. The minimum absolute atomic E-state index is 0.0383. The quantitative estimate of drug-likeness (QED) is 0.110. The Kier molecular flexibility index (Phi) is 15.7. The Balaban J connectivity index is 2.14. The van der Waals surface area contributed by atoms with Crippen LogP contribution in [0.15, 0.2) is 54.6 Å². The lowest BCUT2D eigenvalue weighted by Crippen LogP contribution is -2.56. The molecular formula is C35H49N5O10.